The van der Waals surface area contributed by atoms with Gasteiger partial charge in [0.15, 0.2) is 26.1 Å². The van der Waals surface area contributed by atoms with Crippen molar-refractivity contribution in [2.24, 2.45) is 0 Å². The van der Waals surface area contributed by atoms with E-state index < -0.39 is 38.3 Å². The highest BCUT2D eigenvalue weighted by molar-refractivity contribution is 6.73. The first-order chi connectivity index (χ1) is 17.8. The zero-order valence-corrected chi connectivity index (χ0v) is 25.5. The number of carbonyl (C=O) groups excluding carboxylic acids is 2. The molecule has 1 rings (SSSR count). The summed E-state index contributed by atoms with van der Waals surface area (Å²) in [7, 11) is -1.92. The highest BCUT2D eigenvalue weighted by Gasteiger charge is 2.56. The topological polar surface area (TPSA) is 91.3 Å². The van der Waals surface area contributed by atoms with Crippen LogP contribution in [0.5, 0.6) is 0 Å². The van der Waals surface area contributed by atoms with Crippen molar-refractivity contribution in [2.75, 3.05) is 13.2 Å². The minimum atomic E-state index is -1.92. The van der Waals surface area contributed by atoms with Crippen molar-refractivity contribution in [1.29, 1.82) is 0 Å². The Hall–Kier alpha value is -1.12. The molecule has 1 heterocycles. The lowest BCUT2D eigenvalue weighted by atomic mass is 9.98. The van der Waals surface area contributed by atoms with Crippen molar-refractivity contribution < 1.29 is 33.3 Å². The molecule has 0 aromatic heterocycles. The molecule has 0 bridgehead atoms. The zero-order chi connectivity index (χ0) is 27.6. The Balaban J connectivity index is 2.20. The van der Waals surface area contributed by atoms with E-state index in [9.17, 15) is 14.7 Å². The third-order valence-electron chi connectivity index (χ3n) is 7.99. The van der Waals surface area contributed by atoms with Crippen molar-refractivity contribution in [1.82, 2.24) is 0 Å². The minimum Gasteiger partial charge on any atom is -0.454 e. The van der Waals surface area contributed by atoms with Crippen LogP contribution in [-0.4, -0.2) is 56.6 Å². The van der Waals surface area contributed by atoms with E-state index in [4.69, 9.17) is 18.6 Å². The maximum absolute atomic E-state index is 12.3. The summed E-state index contributed by atoms with van der Waals surface area (Å²) in [6, 6.07) is 2.84. The second-order valence-electron chi connectivity index (χ2n) is 10.9. The predicted molar refractivity (Wildman–Crippen MR) is 150 cm³/mol. The number of unbranched alkanes of at least 4 members (excludes halogenated alkanes) is 13. The van der Waals surface area contributed by atoms with Gasteiger partial charge in [-0.2, -0.15) is 0 Å². The largest absolute Gasteiger partial charge is 0.508 e. The Bertz CT molecular complexity index is 613. The Kier molecular flexibility index (Phi) is 17.4. The SMILES string of the molecule is CCCCCCCCCCCCCCCCOC(=O)O[C@@H]1[C@@H](CO[Si](CC)(CC)CC)OC(=O)[C@@]1(C)O. The van der Waals surface area contributed by atoms with Crippen molar-refractivity contribution in [3.63, 3.8) is 0 Å². The van der Waals surface area contributed by atoms with Gasteiger partial charge in [-0.25, -0.2) is 9.59 Å². The van der Waals surface area contributed by atoms with E-state index in [0.717, 1.165) is 37.4 Å². The zero-order valence-electron chi connectivity index (χ0n) is 24.5. The summed E-state index contributed by atoms with van der Waals surface area (Å²) in [5.74, 6) is -0.803. The van der Waals surface area contributed by atoms with E-state index in [1.807, 2.05) is 0 Å². The maximum atomic E-state index is 12.3. The number of hydrogen-bond acceptors (Lipinski definition) is 7. The fraction of sp³-hybridized carbons (Fsp3) is 0.931. The average Bonchev–Trinajstić information content (AvgIpc) is 3.10. The molecule has 0 unspecified atom stereocenters. The molecule has 1 N–H and O–H groups in total. The molecule has 8 heteroatoms. The highest BCUT2D eigenvalue weighted by atomic mass is 28.4. The Morgan fingerprint density at radius 3 is 1.76 bits per heavy atom. The molecule has 3 atom stereocenters. The Labute approximate surface area is 227 Å². The molecule has 7 nitrogen and oxygen atoms in total. The number of hydrogen-bond donors (Lipinski definition) is 1. The van der Waals surface area contributed by atoms with Gasteiger partial charge in [0.2, 0.25) is 0 Å². The van der Waals surface area contributed by atoms with Gasteiger partial charge >= 0.3 is 12.1 Å². The number of ether oxygens (including phenoxy) is 3. The first kappa shape index (κ1) is 33.9. The van der Waals surface area contributed by atoms with E-state index in [2.05, 4.69) is 27.7 Å². The van der Waals surface area contributed by atoms with E-state index in [1.54, 1.807) is 0 Å². The summed E-state index contributed by atoms with van der Waals surface area (Å²) in [5.41, 5.74) is -1.92. The molecule has 1 saturated heterocycles. The maximum Gasteiger partial charge on any atom is 0.508 e. The fourth-order valence-corrected chi connectivity index (χ4v) is 7.64. The van der Waals surface area contributed by atoms with Crippen LogP contribution in [0, 0.1) is 0 Å². The molecule has 1 aliphatic rings. The van der Waals surface area contributed by atoms with Gasteiger partial charge in [-0.05, 0) is 31.5 Å². The highest BCUT2D eigenvalue weighted by Crippen LogP contribution is 2.31. The molecule has 0 saturated carbocycles. The van der Waals surface area contributed by atoms with Crippen molar-refractivity contribution in [3.8, 4) is 0 Å². The molecule has 0 amide bonds. The third-order valence-corrected chi connectivity index (χ3v) is 12.6. The van der Waals surface area contributed by atoms with Gasteiger partial charge in [-0.3, -0.25) is 0 Å². The van der Waals surface area contributed by atoms with Gasteiger partial charge in [0.25, 0.3) is 0 Å². The van der Waals surface area contributed by atoms with E-state index in [1.165, 1.54) is 77.6 Å². The van der Waals surface area contributed by atoms with Crippen LogP contribution in [-0.2, 0) is 23.4 Å². The monoisotopic (exact) mass is 544 g/mol. The van der Waals surface area contributed by atoms with Gasteiger partial charge in [0.05, 0.1) is 13.2 Å². The molecular formula is C29H56O7Si. The van der Waals surface area contributed by atoms with Crippen LogP contribution in [0.4, 0.5) is 4.79 Å². The van der Waals surface area contributed by atoms with Gasteiger partial charge in [0.1, 0.15) is 0 Å². The minimum absolute atomic E-state index is 0.112. The number of cyclic esters (lactones) is 1. The Morgan fingerprint density at radius 2 is 1.30 bits per heavy atom. The quantitative estimate of drug-likeness (QED) is 0.0848. The van der Waals surface area contributed by atoms with Crippen molar-refractivity contribution in [3.05, 3.63) is 0 Å². The van der Waals surface area contributed by atoms with Gasteiger partial charge < -0.3 is 23.7 Å². The lowest BCUT2D eigenvalue weighted by Crippen LogP contribution is -2.48. The molecule has 218 valence electrons. The first-order valence-corrected chi connectivity index (χ1v) is 17.7. The molecule has 1 fully saturated rings. The van der Waals surface area contributed by atoms with Crippen LogP contribution >= 0.6 is 0 Å². The number of carbonyl (C=O) groups is 2. The van der Waals surface area contributed by atoms with Crippen LogP contribution in [0.15, 0.2) is 0 Å². The average molecular weight is 545 g/mol. The molecule has 0 spiro atoms. The lowest BCUT2D eigenvalue weighted by molar-refractivity contribution is -0.155. The number of esters is 1. The van der Waals surface area contributed by atoms with Crippen LogP contribution in [0.25, 0.3) is 0 Å². The number of rotatable bonds is 22. The normalized spacial score (nSPS) is 21.7. The predicted octanol–water partition coefficient (Wildman–Crippen LogP) is 7.69. The van der Waals surface area contributed by atoms with Gasteiger partial charge in [-0.15, -0.1) is 0 Å². The van der Waals surface area contributed by atoms with Crippen LogP contribution in [0.2, 0.25) is 18.1 Å². The molecular weight excluding hydrogens is 488 g/mol. The number of aliphatic hydroxyl groups is 1. The van der Waals surface area contributed by atoms with Crippen LogP contribution < -0.4 is 0 Å². The van der Waals surface area contributed by atoms with E-state index in [-0.39, 0.29) is 13.2 Å². The van der Waals surface area contributed by atoms with Gasteiger partial charge in [0, 0.05) is 0 Å². The fourth-order valence-electron chi connectivity index (χ4n) is 5.01. The molecule has 37 heavy (non-hydrogen) atoms. The molecule has 0 radical (unpaired) electrons. The second kappa shape index (κ2) is 19.0. The second-order valence-corrected chi connectivity index (χ2v) is 15.7. The van der Waals surface area contributed by atoms with Crippen molar-refractivity contribution in [2.45, 2.75) is 160 Å². The van der Waals surface area contributed by atoms with E-state index >= 15 is 0 Å². The summed E-state index contributed by atoms with van der Waals surface area (Å²) in [5, 5.41) is 10.6. The van der Waals surface area contributed by atoms with Crippen LogP contribution in [0.1, 0.15) is 125 Å². The van der Waals surface area contributed by atoms with Crippen LogP contribution in [0.3, 0.4) is 0 Å². The summed E-state index contributed by atoms with van der Waals surface area (Å²) < 4.78 is 22.1. The standard InChI is InChI=1S/C29H56O7Si/c1-6-10-11-12-13-14-15-16-17-18-19-20-21-22-23-33-28(31)36-26-25(35-27(30)29(26,5)32)24-34-37(7-2,8-3)9-4/h25-26,32H,6-24H2,1-5H3/t25-,26-,29+/m1/s1. The lowest BCUT2D eigenvalue weighted by Gasteiger charge is -2.30. The third kappa shape index (κ3) is 12.5. The smallest absolute Gasteiger partial charge is 0.454 e. The van der Waals surface area contributed by atoms with Crippen molar-refractivity contribution >= 4 is 20.4 Å². The first-order valence-electron chi connectivity index (χ1n) is 15.2. The van der Waals surface area contributed by atoms with E-state index in [0.29, 0.717) is 0 Å². The van der Waals surface area contributed by atoms with Gasteiger partial charge in [-0.1, -0.05) is 111 Å². The molecule has 0 aromatic carbocycles. The summed E-state index contributed by atoms with van der Waals surface area (Å²) in [6.07, 6.45) is 14.8. The molecule has 0 aromatic rings. The summed E-state index contributed by atoms with van der Waals surface area (Å²) >= 11 is 0. The summed E-state index contributed by atoms with van der Waals surface area (Å²) in [4.78, 5) is 24.5. The Morgan fingerprint density at radius 1 is 0.838 bits per heavy atom. The molecule has 1 aliphatic heterocycles. The molecule has 0 aliphatic carbocycles. The summed E-state index contributed by atoms with van der Waals surface area (Å²) in [6.45, 7) is 10.3.